The van der Waals surface area contributed by atoms with Gasteiger partial charge in [0, 0.05) is 0 Å². The molecule has 3 aliphatic heterocycles. The lowest BCUT2D eigenvalue weighted by molar-refractivity contribution is -0.376. The molecule has 8 aromatic carbocycles. The molecule has 3 heterocycles. The summed E-state index contributed by atoms with van der Waals surface area (Å²) in [6.45, 7) is 0.455. The molecule has 0 radical (unpaired) electrons. The van der Waals surface area contributed by atoms with Gasteiger partial charge in [0.15, 0.2) is 18.9 Å². The number of hydrogen-bond donors (Lipinski definition) is 3. The van der Waals surface area contributed by atoms with Crippen LogP contribution in [0.5, 0.6) is 0 Å². The molecule has 0 aliphatic carbocycles. The summed E-state index contributed by atoms with van der Waals surface area (Å²) in [6.07, 6.45) is -17.1. The van der Waals surface area contributed by atoms with Crippen LogP contribution >= 0.6 is 0 Å². The van der Waals surface area contributed by atoms with E-state index in [0.717, 1.165) is 44.5 Å². The van der Waals surface area contributed by atoms with E-state index in [-0.39, 0.29) is 66.1 Å². The molecule has 11 rings (SSSR count). The molecule has 3 aliphatic rings. The maximum atomic E-state index is 13.0. The molecular weight excluding hydrogens is 1140 g/mol. The van der Waals surface area contributed by atoms with Gasteiger partial charge in [0.1, 0.15) is 73.2 Å². The van der Waals surface area contributed by atoms with Crippen molar-refractivity contribution in [1.29, 1.82) is 0 Å². The Labute approximate surface area is 526 Å². The van der Waals surface area contributed by atoms with Crippen molar-refractivity contribution < 1.29 is 76.9 Å². The topological polar surface area (TPSA) is 181 Å². The first kappa shape index (κ1) is 64.6. The highest BCUT2D eigenvalue weighted by atomic mass is 16.8. The first-order valence-electron chi connectivity index (χ1n) is 30.8. The molecule has 0 unspecified atom stereocenters. The zero-order valence-electron chi connectivity index (χ0n) is 50.2. The third kappa shape index (κ3) is 18.2. The average Bonchev–Trinajstić information content (AvgIpc) is 0.888. The van der Waals surface area contributed by atoms with Gasteiger partial charge in [-0.2, -0.15) is 0 Å². The quantitative estimate of drug-likeness (QED) is 0.0373. The van der Waals surface area contributed by atoms with Crippen LogP contribution in [0.15, 0.2) is 243 Å². The fourth-order valence-electron chi connectivity index (χ4n) is 11.4. The Bertz CT molecular complexity index is 3240. The van der Waals surface area contributed by atoms with E-state index in [1.165, 1.54) is 0 Å². The summed E-state index contributed by atoms with van der Waals surface area (Å²) in [6, 6.07) is 77.9. The molecule has 15 atom stereocenters. The average molecular weight is 1230 g/mol. The smallest absolute Gasteiger partial charge is 0.187 e. The van der Waals surface area contributed by atoms with Crippen molar-refractivity contribution in [3.63, 3.8) is 0 Å². The summed E-state index contributed by atoms with van der Waals surface area (Å²) in [5.74, 6) is 0. The van der Waals surface area contributed by atoms with Crippen LogP contribution in [0.1, 0.15) is 44.5 Å². The summed E-state index contributed by atoms with van der Waals surface area (Å²) in [5, 5.41) is 36.5. The molecule has 3 saturated heterocycles. The normalized spacial score (nSPS) is 26.9. The SMILES string of the molecule is OC[C@H]1O[C@@H](OC[C@H]2O[C@H](O)[C@H](OCc3ccccc3)[C@@H](O[C@@H]3O[C@H](COCc4ccccc4)[C@@H](OCc4ccccc4)[C@H](OCc4ccccc4)[C@H]3OCc3ccccc3)[C@@H]2O)[C@H](OCc2ccccc2)[C@@H](OCc2ccccc2)[C@@H]1OCc1ccccc1. The Morgan fingerprint density at radius 3 is 0.933 bits per heavy atom. The minimum Gasteiger partial charge on any atom is -0.394 e. The Balaban J connectivity index is 0.921. The van der Waals surface area contributed by atoms with Crippen LogP contribution in [-0.2, 0) is 114 Å². The van der Waals surface area contributed by atoms with E-state index in [1.54, 1.807) is 0 Å². The number of rotatable bonds is 31. The summed E-state index contributed by atoms with van der Waals surface area (Å²) < 4.78 is 88.5. The first-order chi connectivity index (χ1) is 44.4. The van der Waals surface area contributed by atoms with Gasteiger partial charge in [0.05, 0.1) is 72.7 Å². The summed E-state index contributed by atoms with van der Waals surface area (Å²) >= 11 is 0. The van der Waals surface area contributed by atoms with Crippen LogP contribution < -0.4 is 0 Å². The Hall–Kier alpha value is -6.88. The van der Waals surface area contributed by atoms with Gasteiger partial charge in [-0.15, -0.1) is 0 Å². The van der Waals surface area contributed by atoms with Gasteiger partial charge in [-0.25, -0.2) is 0 Å². The van der Waals surface area contributed by atoms with Gasteiger partial charge in [-0.3, -0.25) is 0 Å². The van der Waals surface area contributed by atoms with E-state index in [9.17, 15) is 15.3 Å². The van der Waals surface area contributed by atoms with Crippen molar-refractivity contribution in [2.45, 2.75) is 145 Å². The van der Waals surface area contributed by atoms with Crippen molar-refractivity contribution in [3.05, 3.63) is 287 Å². The second-order valence-corrected chi connectivity index (χ2v) is 22.6. The van der Waals surface area contributed by atoms with E-state index in [0.29, 0.717) is 0 Å². The van der Waals surface area contributed by atoms with E-state index in [2.05, 4.69) is 0 Å². The predicted octanol–water partition coefficient (Wildman–Crippen LogP) is 10.2. The minimum atomic E-state index is -1.69. The van der Waals surface area contributed by atoms with Crippen molar-refractivity contribution in [1.82, 2.24) is 0 Å². The van der Waals surface area contributed by atoms with Crippen LogP contribution in [0.4, 0.5) is 0 Å². The van der Waals surface area contributed by atoms with Crippen LogP contribution in [0.2, 0.25) is 0 Å². The molecule has 3 fully saturated rings. The number of hydrogen-bond acceptors (Lipinski definition) is 16. The molecule has 0 aromatic heterocycles. The van der Waals surface area contributed by atoms with Gasteiger partial charge >= 0.3 is 0 Å². The van der Waals surface area contributed by atoms with E-state index >= 15 is 0 Å². The van der Waals surface area contributed by atoms with Crippen LogP contribution in [-0.4, -0.2) is 127 Å². The largest absolute Gasteiger partial charge is 0.394 e. The van der Waals surface area contributed by atoms with E-state index in [1.807, 2.05) is 243 Å². The molecule has 16 heteroatoms. The number of benzene rings is 8. The molecule has 472 valence electrons. The van der Waals surface area contributed by atoms with E-state index < -0.39 is 98.7 Å². The monoisotopic (exact) mass is 1220 g/mol. The lowest BCUT2D eigenvalue weighted by Crippen LogP contribution is -2.66. The second-order valence-electron chi connectivity index (χ2n) is 22.6. The molecule has 3 N–H and O–H groups in total. The Kier molecular flexibility index (Phi) is 24.4. The van der Waals surface area contributed by atoms with Gasteiger partial charge in [-0.05, 0) is 44.5 Å². The van der Waals surface area contributed by atoms with Gasteiger partial charge in [-0.1, -0.05) is 243 Å². The fourth-order valence-corrected chi connectivity index (χ4v) is 11.4. The van der Waals surface area contributed by atoms with Gasteiger partial charge in [0.25, 0.3) is 0 Å². The zero-order chi connectivity index (χ0) is 61.5. The van der Waals surface area contributed by atoms with E-state index in [4.69, 9.17) is 61.6 Å². The lowest BCUT2D eigenvalue weighted by atomic mass is 9.95. The molecule has 8 aromatic rings. The molecule has 16 nitrogen and oxygen atoms in total. The minimum absolute atomic E-state index is 0.0179. The Morgan fingerprint density at radius 1 is 0.267 bits per heavy atom. The van der Waals surface area contributed by atoms with Crippen LogP contribution in [0, 0.1) is 0 Å². The Morgan fingerprint density at radius 2 is 0.567 bits per heavy atom. The summed E-state index contributed by atoms with van der Waals surface area (Å²) in [4.78, 5) is 0. The number of aliphatic hydroxyl groups is 3. The molecule has 90 heavy (non-hydrogen) atoms. The highest BCUT2D eigenvalue weighted by Gasteiger charge is 2.55. The molecule has 0 bridgehead atoms. The van der Waals surface area contributed by atoms with Crippen LogP contribution in [0.25, 0.3) is 0 Å². The summed E-state index contributed by atoms with van der Waals surface area (Å²) in [7, 11) is 0. The molecule has 0 amide bonds. The molecular formula is C74H80O16. The van der Waals surface area contributed by atoms with Crippen LogP contribution in [0.3, 0.4) is 0 Å². The number of ether oxygens (including phenoxy) is 13. The molecule has 0 saturated carbocycles. The third-order valence-corrected chi connectivity index (χ3v) is 16.1. The van der Waals surface area contributed by atoms with Crippen molar-refractivity contribution in [2.75, 3.05) is 19.8 Å². The molecule has 0 spiro atoms. The summed E-state index contributed by atoms with van der Waals surface area (Å²) in [5.41, 5.74) is 7.16. The predicted molar refractivity (Wildman–Crippen MR) is 333 cm³/mol. The number of aliphatic hydroxyl groups excluding tert-OH is 3. The maximum Gasteiger partial charge on any atom is 0.187 e. The first-order valence-corrected chi connectivity index (χ1v) is 30.8. The van der Waals surface area contributed by atoms with Gasteiger partial charge in [0.2, 0.25) is 0 Å². The highest BCUT2D eigenvalue weighted by Crippen LogP contribution is 2.37. The third-order valence-electron chi connectivity index (χ3n) is 16.1. The lowest BCUT2D eigenvalue weighted by Gasteiger charge is -2.49. The highest BCUT2D eigenvalue weighted by molar-refractivity contribution is 5.20. The standard InChI is InChI=1S/C74H80O16/c75-41-60-64(79-43-53-27-11-2-12-28-53)67(81-45-55-31-15-4-16-32-55)70(84-48-58-37-21-7-22-38-58)73(88-60)86-51-61-63(76)66(69(72(77)87-61)83-47-57-35-19-6-20-36-57)90-74-71(85-49-59-39-23-8-24-40-59)68(82-46-56-33-17-5-18-34-56)65(80-44-54-29-13-3-14-30-54)62(89-74)50-78-42-52-25-9-1-10-26-52/h1-40,60-77H,41-51H2/t60-,61-,62-,63-,64-,65-,66+,67+,68+,69-,70-,71-,72+,73-,74+/m1/s1. The maximum absolute atomic E-state index is 13.0. The second kappa shape index (κ2) is 34.0. The van der Waals surface area contributed by atoms with Crippen molar-refractivity contribution >= 4 is 0 Å². The zero-order valence-corrected chi connectivity index (χ0v) is 50.2. The van der Waals surface area contributed by atoms with Crippen molar-refractivity contribution in [2.24, 2.45) is 0 Å². The fraction of sp³-hybridized carbons (Fsp3) is 0.351. The van der Waals surface area contributed by atoms with Gasteiger partial charge < -0.3 is 76.9 Å². The van der Waals surface area contributed by atoms with Crippen molar-refractivity contribution in [3.8, 4) is 0 Å².